The van der Waals surface area contributed by atoms with Crippen molar-refractivity contribution in [2.45, 2.75) is 37.9 Å². The largest absolute Gasteiger partial charge is 0.365 e. The predicted molar refractivity (Wildman–Crippen MR) is 114 cm³/mol. The van der Waals surface area contributed by atoms with Gasteiger partial charge in [-0.1, -0.05) is 11.8 Å². The van der Waals surface area contributed by atoms with Crippen LogP contribution in [0.4, 0.5) is 5.00 Å². The van der Waals surface area contributed by atoms with Gasteiger partial charge in [-0.3, -0.25) is 19.0 Å². The molecule has 28 heavy (non-hydrogen) atoms. The molecule has 7 nitrogen and oxygen atoms in total. The van der Waals surface area contributed by atoms with Gasteiger partial charge in [-0.2, -0.15) is 0 Å². The van der Waals surface area contributed by atoms with E-state index in [1.165, 1.54) is 34.4 Å². The first-order valence-corrected chi connectivity index (χ1v) is 11.5. The molecule has 1 aliphatic rings. The summed E-state index contributed by atoms with van der Waals surface area (Å²) in [5.74, 6) is -0.676. The second-order valence-electron chi connectivity index (χ2n) is 6.34. The molecule has 0 radical (unpaired) electrons. The number of nitrogens with two attached hydrogens (primary N) is 1. The molecule has 0 spiro atoms. The Kier molecular flexibility index (Phi) is 5.26. The number of nitrogens with zero attached hydrogens (tertiary/aromatic N) is 2. The minimum Gasteiger partial charge on any atom is -0.365 e. The van der Waals surface area contributed by atoms with Gasteiger partial charge < -0.3 is 11.1 Å². The molecular formula is C18H18N4O3S3. The van der Waals surface area contributed by atoms with Crippen LogP contribution in [0.15, 0.2) is 21.4 Å². The molecular weight excluding hydrogens is 416 g/mol. The monoisotopic (exact) mass is 434 g/mol. The van der Waals surface area contributed by atoms with Gasteiger partial charge in [0.25, 0.3) is 11.5 Å². The normalized spacial score (nSPS) is 13.0. The van der Waals surface area contributed by atoms with Crippen LogP contribution < -0.4 is 16.6 Å². The first-order chi connectivity index (χ1) is 13.5. The second-order valence-corrected chi connectivity index (χ2v) is 9.31. The van der Waals surface area contributed by atoms with Crippen molar-refractivity contribution in [1.29, 1.82) is 0 Å². The fourth-order valence-electron chi connectivity index (χ4n) is 3.36. The van der Waals surface area contributed by atoms with Crippen molar-refractivity contribution in [3.8, 4) is 0 Å². The van der Waals surface area contributed by atoms with Crippen molar-refractivity contribution in [1.82, 2.24) is 9.55 Å². The molecule has 0 saturated carbocycles. The number of anilines is 1. The molecule has 0 saturated heterocycles. The number of thiophene rings is 2. The first-order valence-electron chi connectivity index (χ1n) is 8.84. The third kappa shape index (κ3) is 3.36. The molecule has 10 heteroatoms. The van der Waals surface area contributed by atoms with E-state index in [1.54, 1.807) is 10.6 Å². The summed E-state index contributed by atoms with van der Waals surface area (Å²) in [6.07, 6.45) is 2.75. The van der Waals surface area contributed by atoms with E-state index < -0.39 is 5.91 Å². The lowest BCUT2D eigenvalue weighted by Crippen LogP contribution is -2.23. The zero-order valence-electron chi connectivity index (χ0n) is 15.1. The van der Waals surface area contributed by atoms with Crippen LogP contribution in [0.2, 0.25) is 0 Å². The third-order valence-electron chi connectivity index (χ3n) is 4.60. The van der Waals surface area contributed by atoms with E-state index in [-0.39, 0.29) is 17.2 Å². The van der Waals surface area contributed by atoms with Crippen LogP contribution in [0.5, 0.6) is 0 Å². The lowest BCUT2D eigenvalue weighted by atomic mass is 10.1. The number of hydrogen-bond acceptors (Lipinski definition) is 7. The van der Waals surface area contributed by atoms with E-state index in [4.69, 9.17) is 5.73 Å². The van der Waals surface area contributed by atoms with Crippen LogP contribution in [-0.2, 0) is 24.2 Å². The number of primary amides is 1. The van der Waals surface area contributed by atoms with E-state index in [9.17, 15) is 14.4 Å². The summed E-state index contributed by atoms with van der Waals surface area (Å²) in [7, 11) is 0. The smallest absolute Gasteiger partial charge is 0.272 e. The van der Waals surface area contributed by atoms with Gasteiger partial charge in [-0.05, 0) is 43.2 Å². The van der Waals surface area contributed by atoms with Crippen molar-refractivity contribution in [2.75, 3.05) is 11.1 Å². The van der Waals surface area contributed by atoms with E-state index in [0.29, 0.717) is 32.5 Å². The Hall–Kier alpha value is -2.17. The average Bonchev–Trinajstić information content (AvgIpc) is 3.35. The minimum atomic E-state index is -0.508. The topological polar surface area (TPSA) is 107 Å². The fraction of sp³-hybridized carbons (Fsp3) is 0.333. The molecule has 0 aromatic carbocycles. The highest BCUT2D eigenvalue weighted by Crippen LogP contribution is 2.38. The number of thioether (sulfide) groups is 1. The summed E-state index contributed by atoms with van der Waals surface area (Å²) >= 11 is 4.00. The zero-order chi connectivity index (χ0) is 19.8. The minimum absolute atomic E-state index is 0.0862. The number of carbonyl (C=O) groups is 2. The highest BCUT2D eigenvalue weighted by molar-refractivity contribution is 7.99. The summed E-state index contributed by atoms with van der Waals surface area (Å²) in [5.41, 5.74) is 7.51. The number of rotatable bonds is 6. The molecule has 146 valence electrons. The number of hydrogen-bond donors (Lipinski definition) is 2. The number of amides is 2. The van der Waals surface area contributed by atoms with Gasteiger partial charge in [-0.25, -0.2) is 4.98 Å². The lowest BCUT2D eigenvalue weighted by molar-refractivity contribution is -0.113. The van der Waals surface area contributed by atoms with Gasteiger partial charge in [0.2, 0.25) is 5.91 Å². The summed E-state index contributed by atoms with van der Waals surface area (Å²) in [5, 5.41) is 5.69. The maximum Gasteiger partial charge on any atom is 0.272 e. The van der Waals surface area contributed by atoms with Gasteiger partial charge in [0.05, 0.1) is 16.8 Å². The zero-order valence-corrected chi connectivity index (χ0v) is 17.6. The predicted octanol–water partition coefficient (Wildman–Crippen LogP) is 2.86. The highest BCUT2D eigenvalue weighted by Gasteiger charge is 2.26. The van der Waals surface area contributed by atoms with E-state index in [0.717, 1.165) is 29.7 Å². The van der Waals surface area contributed by atoms with Crippen molar-refractivity contribution >= 4 is 61.5 Å². The molecule has 3 N–H and O–H groups in total. The molecule has 0 fully saturated rings. The first kappa shape index (κ1) is 19.2. The Morgan fingerprint density at radius 1 is 1.39 bits per heavy atom. The number of aromatic nitrogens is 2. The quantitative estimate of drug-likeness (QED) is 0.458. The Morgan fingerprint density at radius 2 is 2.21 bits per heavy atom. The maximum absolute atomic E-state index is 12.5. The molecule has 0 unspecified atom stereocenters. The SMILES string of the molecule is CCn1c(SCC(=O)Nc2sc3c(c2C(N)=O)CCC3)nc2ccsc2c1=O. The third-order valence-corrected chi connectivity index (χ3v) is 7.68. The van der Waals surface area contributed by atoms with Crippen LogP contribution in [-0.4, -0.2) is 27.1 Å². The number of fused-ring (bicyclic) bond motifs is 2. The van der Waals surface area contributed by atoms with E-state index in [1.807, 2.05) is 12.3 Å². The lowest BCUT2D eigenvalue weighted by Gasteiger charge is -2.10. The molecule has 2 amide bonds. The van der Waals surface area contributed by atoms with Gasteiger partial charge in [-0.15, -0.1) is 22.7 Å². The Labute approximate surface area is 173 Å². The molecule has 0 aliphatic heterocycles. The molecule has 3 heterocycles. The molecule has 3 aromatic heterocycles. The highest BCUT2D eigenvalue weighted by atomic mass is 32.2. The number of aryl methyl sites for hydroxylation is 1. The average molecular weight is 435 g/mol. The summed E-state index contributed by atoms with van der Waals surface area (Å²) < 4.78 is 2.19. The van der Waals surface area contributed by atoms with E-state index in [2.05, 4.69) is 10.3 Å². The fourth-order valence-corrected chi connectivity index (χ4v) is 6.31. The second kappa shape index (κ2) is 7.69. The van der Waals surface area contributed by atoms with Gasteiger partial charge in [0.15, 0.2) is 5.16 Å². The van der Waals surface area contributed by atoms with Crippen LogP contribution in [0.1, 0.15) is 34.1 Å². The molecule has 0 bridgehead atoms. The summed E-state index contributed by atoms with van der Waals surface area (Å²) in [6.45, 7) is 2.35. The van der Waals surface area contributed by atoms with Gasteiger partial charge in [0.1, 0.15) is 9.70 Å². The van der Waals surface area contributed by atoms with E-state index >= 15 is 0 Å². The standard InChI is InChI=1S/C18H18N4O3S3/c1-2-22-17(25)14-10(6-7-26-14)20-18(22)27-8-12(23)21-16-13(15(19)24)9-4-3-5-11(9)28-16/h6-7H,2-5,8H2,1H3,(H2,19,24)(H,21,23). The molecule has 0 atom stereocenters. The van der Waals surface area contributed by atoms with Gasteiger partial charge in [0, 0.05) is 11.4 Å². The summed E-state index contributed by atoms with van der Waals surface area (Å²) in [4.78, 5) is 42.5. The molecule has 3 aromatic rings. The Balaban J connectivity index is 1.52. The van der Waals surface area contributed by atoms with Crippen molar-refractivity contribution in [2.24, 2.45) is 5.73 Å². The molecule has 4 rings (SSSR count). The summed E-state index contributed by atoms with van der Waals surface area (Å²) in [6, 6.07) is 1.80. The van der Waals surface area contributed by atoms with Crippen LogP contribution >= 0.6 is 34.4 Å². The Morgan fingerprint density at radius 3 is 2.96 bits per heavy atom. The maximum atomic E-state index is 12.5. The Bertz CT molecular complexity index is 1150. The van der Waals surface area contributed by atoms with Crippen molar-refractivity contribution in [3.05, 3.63) is 37.8 Å². The molecule has 1 aliphatic carbocycles. The van der Waals surface area contributed by atoms with Crippen LogP contribution in [0.3, 0.4) is 0 Å². The number of nitrogens with one attached hydrogen (secondary N) is 1. The van der Waals surface area contributed by atoms with Gasteiger partial charge >= 0.3 is 0 Å². The van der Waals surface area contributed by atoms with Crippen LogP contribution in [0.25, 0.3) is 10.2 Å². The number of carbonyl (C=O) groups excluding carboxylic acids is 2. The van der Waals surface area contributed by atoms with Crippen LogP contribution in [0, 0.1) is 0 Å². The van der Waals surface area contributed by atoms with Crippen molar-refractivity contribution < 1.29 is 9.59 Å². The van der Waals surface area contributed by atoms with Crippen molar-refractivity contribution in [3.63, 3.8) is 0 Å².